The Morgan fingerprint density at radius 3 is 2.27 bits per heavy atom. The van der Waals surface area contributed by atoms with Crippen LogP contribution in [0.3, 0.4) is 0 Å². The van der Waals surface area contributed by atoms with Crippen LogP contribution in [0.5, 0.6) is 0 Å². The molecule has 3 amide bonds. The standard InChI is InChI=1S/C19H30N4O3/c1-4-22(5-2)17-9-7-15(8-10-17)20-18(24)21-16-11-13-23(14-12-16)19(25)26-6-3/h7-10,16H,4-6,11-14H2,1-3H3,(H2,20,21,24). The summed E-state index contributed by atoms with van der Waals surface area (Å²) in [6.07, 6.45) is 1.18. The van der Waals surface area contributed by atoms with Gasteiger partial charge < -0.3 is 25.2 Å². The molecule has 1 aromatic rings. The summed E-state index contributed by atoms with van der Waals surface area (Å²) in [6, 6.07) is 7.71. The summed E-state index contributed by atoms with van der Waals surface area (Å²) >= 11 is 0. The van der Waals surface area contributed by atoms with Crippen LogP contribution in [0.2, 0.25) is 0 Å². The van der Waals surface area contributed by atoms with Gasteiger partial charge in [0.2, 0.25) is 0 Å². The molecule has 1 fully saturated rings. The summed E-state index contributed by atoms with van der Waals surface area (Å²) in [5.74, 6) is 0. The zero-order valence-electron chi connectivity index (χ0n) is 16.0. The molecule has 1 heterocycles. The Balaban J connectivity index is 1.78. The Labute approximate surface area is 155 Å². The van der Waals surface area contributed by atoms with E-state index in [4.69, 9.17) is 4.74 Å². The average Bonchev–Trinajstić information content (AvgIpc) is 2.65. The van der Waals surface area contributed by atoms with Gasteiger partial charge in [-0.1, -0.05) is 0 Å². The predicted octanol–water partition coefficient (Wildman–Crippen LogP) is 3.28. The second-order valence-electron chi connectivity index (χ2n) is 6.28. The maximum atomic E-state index is 12.2. The molecule has 1 aromatic carbocycles. The van der Waals surface area contributed by atoms with Crippen LogP contribution in [0.4, 0.5) is 21.0 Å². The lowest BCUT2D eigenvalue weighted by molar-refractivity contribution is 0.0959. The van der Waals surface area contributed by atoms with Crippen LogP contribution in [-0.4, -0.2) is 55.9 Å². The van der Waals surface area contributed by atoms with E-state index in [9.17, 15) is 9.59 Å². The molecule has 1 saturated heterocycles. The molecule has 2 N–H and O–H groups in total. The molecule has 0 atom stereocenters. The van der Waals surface area contributed by atoms with Crippen molar-refractivity contribution in [3.05, 3.63) is 24.3 Å². The number of ether oxygens (including phenoxy) is 1. The fraction of sp³-hybridized carbons (Fsp3) is 0.579. The van der Waals surface area contributed by atoms with Crippen molar-refractivity contribution >= 4 is 23.5 Å². The first kappa shape index (κ1) is 19.9. The summed E-state index contributed by atoms with van der Waals surface area (Å²) in [4.78, 5) is 27.8. The number of carbonyl (C=O) groups is 2. The molecule has 7 heteroatoms. The van der Waals surface area contributed by atoms with E-state index in [0.717, 1.165) is 37.3 Å². The van der Waals surface area contributed by atoms with Crippen LogP contribution in [0.15, 0.2) is 24.3 Å². The van der Waals surface area contributed by atoms with E-state index in [2.05, 4.69) is 29.4 Å². The number of urea groups is 1. The number of anilines is 2. The number of amides is 3. The van der Waals surface area contributed by atoms with E-state index >= 15 is 0 Å². The number of likely N-dealkylation sites (tertiary alicyclic amines) is 1. The summed E-state index contributed by atoms with van der Waals surface area (Å²) in [7, 11) is 0. The van der Waals surface area contributed by atoms with E-state index in [1.807, 2.05) is 24.3 Å². The predicted molar refractivity (Wildman–Crippen MR) is 104 cm³/mol. The highest BCUT2D eigenvalue weighted by molar-refractivity contribution is 5.89. The molecular weight excluding hydrogens is 332 g/mol. The van der Waals surface area contributed by atoms with Crippen LogP contribution in [-0.2, 0) is 4.74 Å². The third-order valence-electron chi connectivity index (χ3n) is 4.61. The third kappa shape index (κ3) is 5.54. The lowest BCUT2D eigenvalue weighted by Gasteiger charge is -2.31. The Hall–Kier alpha value is -2.44. The molecule has 0 spiro atoms. The normalized spacial score (nSPS) is 14.7. The molecule has 0 radical (unpaired) electrons. The molecule has 144 valence electrons. The van der Waals surface area contributed by atoms with E-state index in [0.29, 0.717) is 19.7 Å². The van der Waals surface area contributed by atoms with Gasteiger partial charge in [-0.25, -0.2) is 9.59 Å². The Morgan fingerprint density at radius 1 is 1.12 bits per heavy atom. The number of carbonyl (C=O) groups excluding carboxylic acids is 2. The minimum atomic E-state index is -0.274. The van der Waals surface area contributed by atoms with Gasteiger partial charge in [0.25, 0.3) is 0 Å². The van der Waals surface area contributed by atoms with Gasteiger partial charge >= 0.3 is 12.1 Å². The molecule has 1 aliphatic rings. The van der Waals surface area contributed by atoms with Gasteiger partial charge in [0, 0.05) is 43.6 Å². The Morgan fingerprint density at radius 2 is 1.73 bits per heavy atom. The fourth-order valence-corrected chi connectivity index (χ4v) is 3.12. The quantitative estimate of drug-likeness (QED) is 0.814. The SMILES string of the molecule is CCOC(=O)N1CCC(NC(=O)Nc2ccc(N(CC)CC)cc2)CC1. The lowest BCUT2D eigenvalue weighted by atomic mass is 10.1. The number of hydrogen-bond donors (Lipinski definition) is 2. The molecule has 0 aliphatic carbocycles. The van der Waals surface area contributed by atoms with Crippen molar-refractivity contribution in [3.8, 4) is 0 Å². The van der Waals surface area contributed by atoms with Crippen molar-refractivity contribution in [2.45, 2.75) is 39.7 Å². The van der Waals surface area contributed by atoms with Crippen LogP contribution in [0.1, 0.15) is 33.6 Å². The molecule has 26 heavy (non-hydrogen) atoms. The van der Waals surface area contributed by atoms with Crippen LogP contribution in [0, 0.1) is 0 Å². The highest BCUT2D eigenvalue weighted by atomic mass is 16.6. The highest BCUT2D eigenvalue weighted by Gasteiger charge is 2.24. The molecule has 0 bridgehead atoms. The molecule has 1 aliphatic heterocycles. The first-order valence-electron chi connectivity index (χ1n) is 9.41. The molecule has 0 unspecified atom stereocenters. The van der Waals surface area contributed by atoms with Gasteiger partial charge in [0.15, 0.2) is 0 Å². The minimum Gasteiger partial charge on any atom is -0.450 e. The van der Waals surface area contributed by atoms with E-state index in [1.54, 1.807) is 11.8 Å². The lowest BCUT2D eigenvalue weighted by Crippen LogP contribution is -2.47. The summed E-state index contributed by atoms with van der Waals surface area (Å²) in [5, 5.41) is 5.85. The van der Waals surface area contributed by atoms with Crippen LogP contribution >= 0.6 is 0 Å². The zero-order valence-corrected chi connectivity index (χ0v) is 16.0. The first-order valence-corrected chi connectivity index (χ1v) is 9.41. The maximum absolute atomic E-state index is 12.2. The number of benzene rings is 1. The highest BCUT2D eigenvalue weighted by Crippen LogP contribution is 2.18. The first-order chi connectivity index (χ1) is 12.6. The van der Waals surface area contributed by atoms with E-state index < -0.39 is 0 Å². The van der Waals surface area contributed by atoms with Crippen LogP contribution < -0.4 is 15.5 Å². The number of nitrogens with zero attached hydrogens (tertiary/aromatic N) is 2. The van der Waals surface area contributed by atoms with Crippen molar-refractivity contribution in [3.63, 3.8) is 0 Å². The smallest absolute Gasteiger partial charge is 0.409 e. The second-order valence-corrected chi connectivity index (χ2v) is 6.28. The Kier molecular flexibility index (Phi) is 7.56. The summed E-state index contributed by atoms with van der Waals surface area (Å²) in [5.41, 5.74) is 1.91. The molecule has 0 aromatic heterocycles. The van der Waals surface area contributed by atoms with Crippen molar-refractivity contribution in [1.82, 2.24) is 10.2 Å². The fourth-order valence-electron chi connectivity index (χ4n) is 3.12. The van der Waals surface area contributed by atoms with Crippen LogP contribution in [0.25, 0.3) is 0 Å². The molecule has 0 saturated carbocycles. The topological polar surface area (TPSA) is 73.9 Å². The van der Waals surface area contributed by atoms with Gasteiger partial charge in [-0.2, -0.15) is 0 Å². The molecular formula is C19H30N4O3. The Bertz CT molecular complexity index is 579. The van der Waals surface area contributed by atoms with Crippen molar-refractivity contribution in [2.75, 3.05) is 43.0 Å². The summed E-state index contributed by atoms with van der Waals surface area (Å²) < 4.78 is 5.00. The monoisotopic (exact) mass is 362 g/mol. The van der Waals surface area contributed by atoms with Gasteiger partial charge in [-0.3, -0.25) is 0 Å². The van der Waals surface area contributed by atoms with Crippen molar-refractivity contribution in [2.24, 2.45) is 0 Å². The number of nitrogens with one attached hydrogen (secondary N) is 2. The van der Waals surface area contributed by atoms with Crippen molar-refractivity contribution < 1.29 is 14.3 Å². The average molecular weight is 362 g/mol. The number of rotatable bonds is 6. The van der Waals surface area contributed by atoms with Gasteiger partial charge in [-0.15, -0.1) is 0 Å². The van der Waals surface area contributed by atoms with Gasteiger partial charge in [0.1, 0.15) is 0 Å². The van der Waals surface area contributed by atoms with Crippen molar-refractivity contribution in [1.29, 1.82) is 0 Å². The number of piperidine rings is 1. The maximum Gasteiger partial charge on any atom is 0.409 e. The summed E-state index contributed by atoms with van der Waals surface area (Å²) in [6.45, 7) is 9.53. The number of hydrogen-bond acceptors (Lipinski definition) is 4. The largest absolute Gasteiger partial charge is 0.450 e. The van der Waals surface area contributed by atoms with Gasteiger partial charge in [0.05, 0.1) is 6.61 Å². The van der Waals surface area contributed by atoms with Gasteiger partial charge in [-0.05, 0) is 57.9 Å². The third-order valence-corrected chi connectivity index (χ3v) is 4.61. The minimum absolute atomic E-state index is 0.0654. The van der Waals surface area contributed by atoms with E-state index in [-0.39, 0.29) is 18.2 Å². The zero-order chi connectivity index (χ0) is 18.9. The van der Waals surface area contributed by atoms with E-state index in [1.165, 1.54) is 0 Å². The molecule has 2 rings (SSSR count). The molecule has 7 nitrogen and oxygen atoms in total. The second kappa shape index (κ2) is 9.89.